The Morgan fingerprint density at radius 3 is 2.48 bits per heavy atom. The van der Waals surface area contributed by atoms with Gasteiger partial charge in [-0.3, -0.25) is 0 Å². The normalized spacial score (nSPS) is 11.5. The lowest BCUT2D eigenvalue weighted by atomic mass is 10.0. The first-order valence-electron chi connectivity index (χ1n) is 9.71. The lowest BCUT2D eigenvalue weighted by Gasteiger charge is -2.11. The van der Waals surface area contributed by atoms with E-state index in [0.29, 0.717) is 32.1 Å². The van der Waals surface area contributed by atoms with Gasteiger partial charge in [0.1, 0.15) is 0 Å². The molecule has 0 bridgehead atoms. The van der Waals surface area contributed by atoms with Gasteiger partial charge in [-0.1, -0.05) is 83.8 Å². The summed E-state index contributed by atoms with van der Waals surface area (Å²) in [6.45, 7) is 6.24. The number of hydrogen-bond acceptors (Lipinski definition) is 5. The van der Waals surface area contributed by atoms with E-state index in [1.165, 1.54) is 11.8 Å². The van der Waals surface area contributed by atoms with Crippen LogP contribution in [0.3, 0.4) is 0 Å². The maximum absolute atomic E-state index is 6.55. The minimum Gasteiger partial charge on any atom is -0.410 e. The molecule has 2 aromatic heterocycles. The fraction of sp³-hybridized carbons (Fsp3) is 0.227. The van der Waals surface area contributed by atoms with Crippen LogP contribution in [0.5, 0.6) is 0 Å². The fourth-order valence-electron chi connectivity index (χ4n) is 3.24. The largest absolute Gasteiger partial charge is 0.410 e. The maximum Gasteiger partial charge on any atom is 0.277 e. The fourth-order valence-corrected chi connectivity index (χ4v) is 4.61. The number of rotatable bonds is 6. The smallest absolute Gasteiger partial charge is 0.277 e. The average molecular weight is 538 g/mol. The Balaban J connectivity index is 1.95. The molecule has 0 saturated heterocycles. The van der Waals surface area contributed by atoms with E-state index in [4.69, 9.17) is 32.7 Å². The molecule has 9 heteroatoms. The first-order chi connectivity index (χ1) is 14.9. The van der Waals surface area contributed by atoms with Gasteiger partial charge in [-0.15, -0.1) is 10.2 Å². The van der Waals surface area contributed by atoms with Crippen LogP contribution < -0.4 is 0 Å². The molecule has 0 radical (unpaired) electrons. The summed E-state index contributed by atoms with van der Waals surface area (Å²) in [7, 11) is 0. The summed E-state index contributed by atoms with van der Waals surface area (Å²) >= 11 is 17.7. The summed E-state index contributed by atoms with van der Waals surface area (Å²) < 4.78 is 8.76. The molecule has 2 aromatic carbocycles. The monoisotopic (exact) mass is 536 g/mol. The minimum absolute atomic E-state index is 0.336. The molecule has 0 amide bonds. The summed E-state index contributed by atoms with van der Waals surface area (Å²) in [6, 6.07) is 13.4. The van der Waals surface area contributed by atoms with Crippen LogP contribution >= 0.6 is 50.9 Å². The average Bonchev–Trinajstić information content (AvgIpc) is 3.32. The Morgan fingerprint density at radius 1 is 1.10 bits per heavy atom. The number of aromatic nitrogens is 4. The van der Waals surface area contributed by atoms with Crippen molar-refractivity contribution >= 4 is 50.9 Å². The highest BCUT2D eigenvalue weighted by molar-refractivity contribution is 9.10. The van der Waals surface area contributed by atoms with Crippen molar-refractivity contribution in [2.24, 2.45) is 0 Å². The van der Waals surface area contributed by atoms with E-state index in [2.05, 4.69) is 46.9 Å². The van der Waals surface area contributed by atoms with Gasteiger partial charge in [0.2, 0.25) is 0 Å². The van der Waals surface area contributed by atoms with Crippen molar-refractivity contribution in [2.75, 3.05) is 0 Å². The van der Waals surface area contributed by atoms with Gasteiger partial charge < -0.3 is 4.42 Å². The lowest BCUT2D eigenvalue weighted by molar-refractivity contribution is 0.463. The van der Waals surface area contributed by atoms with Gasteiger partial charge in [0.15, 0.2) is 5.69 Å². The highest BCUT2D eigenvalue weighted by Crippen LogP contribution is 2.37. The predicted molar refractivity (Wildman–Crippen MR) is 130 cm³/mol. The highest BCUT2D eigenvalue weighted by Gasteiger charge is 2.25. The third-order valence-corrected chi connectivity index (χ3v) is 6.44. The SMILES string of the molecule is CCc1c(-c2nnc(SC(C)C)o2)nn(-c2ccc(Cl)cc2Cl)c1-c1ccc(Br)cc1. The first-order valence-corrected chi connectivity index (χ1v) is 12.1. The van der Waals surface area contributed by atoms with Crippen LogP contribution in [-0.2, 0) is 6.42 Å². The molecule has 31 heavy (non-hydrogen) atoms. The van der Waals surface area contributed by atoms with E-state index >= 15 is 0 Å². The lowest BCUT2D eigenvalue weighted by Crippen LogP contribution is -2.01. The van der Waals surface area contributed by atoms with E-state index in [0.717, 1.165) is 33.4 Å². The van der Waals surface area contributed by atoms with Crippen LogP contribution in [0, 0.1) is 0 Å². The molecule has 4 aromatic rings. The molecular weight excluding hydrogens is 519 g/mol. The summed E-state index contributed by atoms with van der Waals surface area (Å²) in [6.07, 6.45) is 0.723. The Hall–Kier alpha value is -1.80. The molecule has 0 spiro atoms. The van der Waals surface area contributed by atoms with Crippen LogP contribution in [0.1, 0.15) is 26.3 Å². The molecule has 5 nitrogen and oxygen atoms in total. The van der Waals surface area contributed by atoms with E-state index in [1.807, 2.05) is 35.0 Å². The Kier molecular flexibility index (Phi) is 6.77. The van der Waals surface area contributed by atoms with E-state index in [1.54, 1.807) is 12.1 Å². The molecule has 2 heterocycles. The molecule has 0 aliphatic heterocycles. The Labute approximate surface area is 203 Å². The molecule has 0 aliphatic rings. The zero-order valence-electron chi connectivity index (χ0n) is 17.1. The van der Waals surface area contributed by atoms with Crippen LogP contribution in [0.2, 0.25) is 10.0 Å². The van der Waals surface area contributed by atoms with Gasteiger partial charge in [-0.25, -0.2) is 4.68 Å². The molecule has 160 valence electrons. The van der Waals surface area contributed by atoms with Crippen LogP contribution in [0.25, 0.3) is 28.5 Å². The standard InChI is InChI=1S/C22H19BrCl2N4OS/c1-4-16-19(21-26-27-22(30-21)31-12(2)3)28-29(18-10-9-15(24)11-17(18)25)20(16)13-5-7-14(23)8-6-13/h5-12H,4H2,1-3H3. The van der Waals surface area contributed by atoms with Crippen LogP contribution in [0.4, 0.5) is 0 Å². The summed E-state index contributed by atoms with van der Waals surface area (Å²) in [5, 5.41) is 15.2. The van der Waals surface area contributed by atoms with Crippen LogP contribution in [-0.4, -0.2) is 25.2 Å². The summed E-state index contributed by atoms with van der Waals surface area (Å²) in [5.41, 5.74) is 4.29. The van der Waals surface area contributed by atoms with Crippen molar-refractivity contribution < 1.29 is 4.42 Å². The van der Waals surface area contributed by atoms with Gasteiger partial charge in [0.05, 0.1) is 16.4 Å². The third-order valence-electron chi connectivity index (χ3n) is 4.54. The molecule has 4 rings (SSSR count). The third kappa shape index (κ3) is 4.70. The van der Waals surface area contributed by atoms with Gasteiger partial charge >= 0.3 is 0 Å². The summed E-state index contributed by atoms with van der Waals surface area (Å²) in [5.74, 6) is 0.391. The quantitative estimate of drug-likeness (QED) is 0.235. The van der Waals surface area contributed by atoms with E-state index in [9.17, 15) is 0 Å². The number of thioether (sulfide) groups is 1. The van der Waals surface area contributed by atoms with E-state index < -0.39 is 0 Å². The van der Waals surface area contributed by atoms with Gasteiger partial charge in [0.25, 0.3) is 11.1 Å². The number of benzene rings is 2. The van der Waals surface area contributed by atoms with Crippen molar-refractivity contribution in [3.63, 3.8) is 0 Å². The van der Waals surface area contributed by atoms with Crippen molar-refractivity contribution in [1.29, 1.82) is 0 Å². The van der Waals surface area contributed by atoms with Crippen molar-refractivity contribution in [2.45, 2.75) is 37.7 Å². The molecule has 0 aliphatic carbocycles. The molecule has 0 N–H and O–H groups in total. The van der Waals surface area contributed by atoms with Crippen molar-refractivity contribution in [3.05, 3.63) is 62.5 Å². The molecular formula is C22H19BrCl2N4OS. The second-order valence-electron chi connectivity index (χ2n) is 7.08. The second-order valence-corrected chi connectivity index (χ2v) is 10.4. The minimum atomic E-state index is 0.336. The topological polar surface area (TPSA) is 56.7 Å². The first kappa shape index (κ1) is 22.4. The van der Waals surface area contributed by atoms with Crippen LogP contribution in [0.15, 0.2) is 56.6 Å². The Morgan fingerprint density at radius 2 is 1.84 bits per heavy atom. The highest BCUT2D eigenvalue weighted by atomic mass is 79.9. The van der Waals surface area contributed by atoms with Crippen molar-refractivity contribution in [3.8, 4) is 28.5 Å². The van der Waals surface area contributed by atoms with E-state index in [-0.39, 0.29) is 0 Å². The van der Waals surface area contributed by atoms with Gasteiger partial charge in [-0.2, -0.15) is 5.10 Å². The predicted octanol–water partition coefficient (Wildman–Crippen LogP) is 7.72. The number of hydrogen-bond donors (Lipinski definition) is 0. The number of nitrogens with zero attached hydrogens (tertiary/aromatic N) is 4. The molecule has 0 atom stereocenters. The molecule has 0 unspecified atom stereocenters. The van der Waals surface area contributed by atoms with Gasteiger partial charge in [0, 0.05) is 25.9 Å². The zero-order chi connectivity index (χ0) is 22.1. The Bertz CT molecular complexity index is 1220. The van der Waals surface area contributed by atoms with Crippen molar-refractivity contribution in [1.82, 2.24) is 20.0 Å². The molecule has 0 fully saturated rings. The molecule has 0 saturated carbocycles. The summed E-state index contributed by atoms with van der Waals surface area (Å²) in [4.78, 5) is 0. The maximum atomic E-state index is 6.55. The second kappa shape index (κ2) is 9.36. The van der Waals surface area contributed by atoms with Gasteiger partial charge in [-0.05, 0) is 36.8 Å². The number of halogens is 3. The zero-order valence-corrected chi connectivity index (χ0v) is 21.0.